The van der Waals surface area contributed by atoms with Gasteiger partial charge in [0.1, 0.15) is 11.4 Å². The molecule has 0 N–H and O–H groups in total. The molecular weight excluding hydrogens is 437 g/mol. The number of carbonyl (C=O) groups excluding carboxylic acids is 2. The van der Waals surface area contributed by atoms with Crippen molar-refractivity contribution in [2.24, 2.45) is 0 Å². The number of rotatable bonds is 3. The van der Waals surface area contributed by atoms with Crippen molar-refractivity contribution in [3.63, 3.8) is 0 Å². The summed E-state index contributed by atoms with van der Waals surface area (Å²) in [5.41, 5.74) is 0.116. The van der Waals surface area contributed by atoms with Crippen molar-refractivity contribution in [1.29, 1.82) is 0 Å². The summed E-state index contributed by atoms with van der Waals surface area (Å²) in [6.07, 6.45) is -4.84. The molecular formula is C24H27F3N2O4. The van der Waals surface area contributed by atoms with E-state index in [1.807, 2.05) is 0 Å². The highest BCUT2D eigenvalue weighted by Gasteiger charge is 2.31. The Bertz CT molecular complexity index is 1010. The molecule has 0 spiro atoms. The van der Waals surface area contributed by atoms with Gasteiger partial charge in [-0.3, -0.25) is 4.79 Å². The van der Waals surface area contributed by atoms with E-state index in [4.69, 9.17) is 9.47 Å². The Labute approximate surface area is 190 Å². The van der Waals surface area contributed by atoms with E-state index in [0.29, 0.717) is 48.6 Å². The van der Waals surface area contributed by atoms with Crippen molar-refractivity contribution in [2.45, 2.75) is 32.5 Å². The number of hydrogen-bond acceptors (Lipinski definition) is 4. The van der Waals surface area contributed by atoms with Gasteiger partial charge in [-0.1, -0.05) is 18.2 Å². The maximum absolute atomic E-state index is 13.2. The van der Waals surface area contributed by atoms with Gasteiger partial charge in [0.05, 0.1) is 18.2 Å². The third-order valence-electron chi connectivity index (χ3n) is 5.19. The lowest BCUT2D eigenvalue weighted by molar-refractivity contribution is -0.137. The Kier molecular flexibility index (Phi) is 6.90. The number of alkyl halides is 3. The van der Waals surface area contributed by atoms with Gasteiger partial charge in [-0.05, 0) is 56.2 Å². The summed E-state index contributed by atoms with van der Waals surface area (Å²) >= 11 is 0. The summed E-state index contributed by atoms with van der Waals surface area (Å²) in [5, 5.41) is 0. The van der Waals surface area contributed by atoms with Crippen LogP contribution in [0.4, 0.5) is 18.0 Å². The number of hydrogen-bond donors (Lipinski definition) is 0. The molecule has 0 bridgehead atoms. The van der Waals surface area contributed by atoms with Crippen LogP contribution in [0.25, 0.3) is 11.1 Å². The van der Waals surface area contributed by atoms with Gasteiger partial charge < -0.3 is 19.3 Å². The molecule has 1 saturated heterocycles. The van der Waals surface area contributed by atoms with E-state index in [1.54, 1.807) is 48.8 Å². The Morgan fingerprint density at radius 3 is 1.91 bits per heavy atom. The molecule has 1 aliphatic rings. The van der Waals surface area contributed by atoms with Crippen LogP contribution in [-0.4, -0.2) is 60.7 Å². The number of carbonyl (C=O) groups is 2. The number of benzene rings is 2. The maximum Gasteiger partial charge on any atom is 0.416 e. The summed E-state index contributed by atoms with van der Waals surface area (Å²) in [5.74, 6) is 0.0923. The molecule has 0 unspecified atom stereocenters. The van der Waals surface area contributed by atoms with Crippen molar-refractivity contribution in [1.82, 2.24) is 9.80 Å². The van der Waals surface area contributed by atoms with E-state index in [0.717, 1.165) is 12.1 Å². The van der Waals surface area contributed by atoms with Crippen molar-refractivity contribution < 1.29 is 32.2 Å². The van der Waals surface area contributed by atoms with Crippen LogP contribution < -0.4 is 4.74 Å². The van der Waals surface area contributed by atoms with E-state index in [-0.39, 0.29) is 5.91 Å². The van der Waals surface area contributed by atoms with Gasteiger partial charge in [0.25, 0.3) is 5.91 Å². The highest BCUT2D eigenvalue weighted by Crippen LogP contribution is 2.32. The third kappa shape index (κ3) is 5.97. The van der Waals surface area contributed by atoms with Gasteiger partial charge in [-0.2, -0.15) is 13.2 Å². The molecule has 2 amide bonds. The number of piperazine rings is 1. The smallest absolute Gasteiger partial charge is 0.416 e. The fourth-order valence-electron chi connectivity index (χ4n) is 3.50. The lowest BCUT2D eigenvalue weighted by atomic mass is 10.00. The van der Waals surface area contributed by atoms with Crippen molar-refractivity contribution in [3.8, 4) is 16.9 Å². The Balaban J connectivity index is 1.76. The number of nitrogens with zero attached hydrogens (tertiary/aromatic N) is 2. The van der Waals surface area contributed by atoms with Crippen LogP contribution in [0.15, 0.2) is 42.5 Å². The van der Waals surface area contributed by atoms with Crippen molar-refractivity contribution >= 4 is 12.0 Å². The molecule has 1 heterocycles. The molecule has 6 nitrogen and oxygen atoms in total. The van der Waals surface area contributed by atoms with E-state index in [2.05, 4.69) is 0 Å². The second-order valence-electron chi connectivity index (χ2n) is 8.75. The molecule has 0 saturated carbocycles. The molecule has 178 valence electrons. The molecule has 1 aliphatic heterocycles. The van der Waals surface area contributed by atoms with Crippen LogP contribution in [-0.2, 0) is 10.9 Å². The highest BCUT2D eigenvalue weighted by atomic mass is 19.4. The minimum atomic E-state index is -4.42. The summed E-state index contributed by atoms with van der Waals surface area (Å²) in [6.45, 7) is 6.70. The zero-order chi connectivity index (χ0) is 24.4. The fraction of sp³-hybridized carbons (Fsp3) is 0.417. The first-order chi connectivity index (χ1) is 15.4. The molecule has 0 radical (unpaired) electrons. The Morgan fingerprint density at radius 2 is 1.39 bits per heavy atom. The summed E-state index contributed by atoms with van der Waals surface area (Å²) < 4.78 is 49.3. The lowest BCUT2D eigenvalue weighted by Crippen LogP contribution is -2.51. The molecule has 2 aromatic carbocycles. The first kappa shape index (κ1) is 24.4. The van der Waals surface area contributed by atoms with Crippen molar-refractivity contribution in [2.75, 3.05) is 33.3 Å². The predicted molar refractivity (Wildman–Crippen MR) is 117 cm³/mol. The summed E-state index contributed by atoms with van der Waals surface area (Å²) in [7, 11) is 1.45. The zero-order valence-electron chi connectivity index (χ0n) is 19.0. The Morgan fingerprint density at radius 1 is 0.848 bits per heavy atom. The second kappa shape index (κ2) is 9.33. The van der Waals surface area contributed by atoms with E-state index in [1.165, 1.54) is 19.2 Å². The van der Waals surface area contributed by atoms with Gasteiger partial charge in [0.2, 0.25) is 0 Å². The maximum atomic E-state index is 13.2. The quantitative estimate of drug-likeness (QED) is 0.636. The van der Waals surface area contributed by atoms with Crippen LogP contribution in [0.3, 0.4) is 0 Å². The predicted octanol–water partition coefficient (Wildman–Crippen LogP) is 5.07. The van der Waals surface area contributed by atoms with Crippen LogP contribution in [0.5, 0.6) is 5.75 Å². The third-order valence-corrected chi connectivity index (χ3v) is 5.19. The molecule has 3 rings (SSSR count). The molecule has 0 atom stereocenters. The SMILES string of the molecule is COc1ccc(-c2ccc(C(F)(F)F)cc2)cc1C(=O)N1CCN(C(=O)OC(C)(C)C)CC1. The van der Waals surface area contributed by atoms with Gasteiger partial charge in [0.15, 0.2) is 0 Å². The molecule has 0 aliphatic carbocycles. The monoisotopic (exact) mass is 464 g/mol. The van der Waals surface area contributed by atoms with E-state index in [9.17, 15) is 22.8 Å². The number of halogens is 3. The van der Waals surface area contributed by atoms with Crippen molar-refractivity contribution in [3.05, 3.63) is 53.6 Å². The van der Waals surface area contributed by atoms with Crippen LogP contribution in [0.1, 0.15) is 36.7 Å². The molecule has 2 aromatic rings. The molecule has 33 heavy (non-hydrogen) atoms. The first-order valence-electron chi connectivity index (χ1n) is 10.5. The van der Waals surface area contributed by atoms with Crippen LogP contribution in [0, 0.1) is 0 Å². The van der Waals surface area contributed by atoms with E-state index < -0.39 is 23.4 Å². The number of amides is 2. The minimum Gasteiger partial charge on any atom is -0.496 e. The molecule has 0 aromatic heterocycles. The topological polar surface area (TPSA) is 59.1 Å². The van der Waals surface area contributed by atoms with Gasteiger partial charge in [0, 0.05) is 26.2 Å². The second-order valence-corrected chi connectivity index (χ2v) is 8.75. The summed E-state index contributed by atoms with van der Waals surface area (Å²) in [4.78, 5) is 28.7. The fourth-order valence-corrected chi connectivity index (χ4v) is 3.50. The van der Waals surface area contributed by atoms with Gasteiger partial charge in [-0.25, -0.2) is 4.79 Å². The summed E-state index contributed by atoms with van der Waals surface area (Å²) in [6, 6.07) is 9.70. The standard InChI is InChI=1S/C24H27F3N2O4/c1-23(2,3)33-22(31)29-13-11-28(12-14-29)21(30)19-15-17(7-10-20(19)32-4)16-5-8-18(9-6-16)24(25,26)27/h5-10,15H,11-14H2,1-4H3. The number of ether oxygens (including phenoxy) is 2. The Hall–Kier alpha value is -3.23. The van der Waals surface area contributed by atoms with Gasteiger partial charge >= 0.3 is 12.3 Å². The number of methoxy groups -OCH3 is 1. The zero-order valence-corrected chi connectivity index (χ0v) is 19.0. The average molecular weight is 464 g/mol. The largest absolute Gasteiger partial charge is 0.496 e. The first-order valence-corrected chi connectivity index (χ1v) is 10.5. The normalized spacial score (nSPS) is 14.8. The lowest BCUT2D eigenvalue weighted by Gasteiger charge is -2.35. The minimum absolute atomic E-state index is 0.274. The van der Waals surface area contributed by atoms with Crippen LogP contribution in [0.2, 0.25) is 0 Å². The molecule has 1 fully saturated rings. The highest BCUT2D eigenvalue weighted by molar-refractivity contribution is 5.98. The van der Waals surface area contributed by atoms with E-state index >= 15 is 0 Å². The molecule has 9 heteroatoms. The van der Waals surface area contributed by atoms with Crippen LogP contribution >= 0.6 is 0 Å². The van der Waals surface area contributed by atoms with Gasteiger partial charge in [-0.15, -0.1) is 0 Å². The average Bonchev–Trinajstić information content (AvgIpc) is 2.76.